The molecule has 0 aromatic heterocycles. The highest BCUT2D eigenvalue weighted by molar-refractivity contribution is 5.94. The summed E-state index contributed by atoms with van der Waals surface area (Å²) in [4.78, 5) is 11.8. The van der Waals surface area contributed by atoms with Crippen LogP contribution < -0.4 is 5.32 Å². The fourth-order valence-electron chi connectivity index (χ4n) is 1.60. The summed E-state index contributed by atoms with van der Waals surface area (Å²) in [7, 11) is 0. The second-order valence-corrected chi connectivity index (χ2v) is 4.28. The van der Waals surface area contributed by atoms with Crippen molar-refractivity contribution in [2.24, 2.45) is 5.92 Å². The maximum absolute atomic E-state index is 11.8. The first kappa shape index (κ1) is 12.6. The van der Waals surface area contributed by atoms with Crippen LogP contribution >= 0.6 is 0 Å². The van der Waals surface area contributed by atoms with E-state index in [4.69, 9.17) is 5.11 Å². The van der Waals surface area contributed by atoms with E-state index in [0.29, 0.717) is 11.5 Å². The number of carbonyl (C=O) groups excluding carboxylic acids is 1. The minimum Gasteiger partial charge on any atom is -0.508 e. The molecule has 0 saturated carbocycles. The number of aromatic hydroxyl groups is 1. The summed E-state index contributed by atoms with van der Waals surface area (Å²) in [5.74, 6) is 0.513. The number of amides is 1. The van der Waals surface area contributed by atoms with Crippen LogP contribution in [0.1, 0.15) is 37.6 Å². The molecule has 0 aliphatic rings. The molecule has 1 aromatic rings. The molecule has 0 aliphatic heterocycles. The molecule has 2 N–H and O–H groups in total. The van der Waals surface area contributed by atoms with Crippen molar-refractivity contribution in [2.45, 2.75) is 33.2 Å². The molecule has 0 spiro atoms. The molecular formula is C13H19NO2. The van der Waals surface area contributed by atoms with Gasteiger partial charge in [0.05, 0.1) is 0 Å². The maximum Gasteiger partial charge on any atom is 0.251 e. The third-order valence-corrected chi connectivity index (χ3v) is 2.69. The number of phenols is 1. The van der Waals surface area contributed by atoms with E-state index in [9.17, 15) is 4.79 Å². The van der Waals surface area contributed by atoms with E-state index >= 15 is 0 Å². The molecule has 0 aliphatic carbocycles. The van der Waals surface area contributed by atoms with Crippen molar-refractivity contribution in [1.29, 1.82) is 0 Å². The summed E-state index contributed by atoms with van der Waals surface area (Å²) in [6, 6.07) is 6.48. The van der Waals surface area contributed by atoms with E-state index in [2.05, 4.69) is 26.1 Å². The minimum absolute atomic E-state index is 0.0828. The molecular weight excluding hydrogens is 202 g/mol. The molecule has 0 radical (unpaired) electrons. The maximum atomic E-state index is 11.8. The van der Waals surface area contributed by atoms with Gasteiger partial charge in [-0.25, -0.2) is 0 Å². The first-order chi connectivity index (χ1) is 7.54. The first-order valence-electron chi connectivity index (χ1n) is 5.64. The van der Waals surface area contributed by atoms with Gasteiger partial charge in [0, 0.05) is 11.6 Å². The normalized spacial score (nSPS) is 12.5. The molecule has 3 nitrogen and oxygen atoms in total. The zero-order valence-corrected chi connectivity index (χ0v) is 10.0. The van der Waals surface area contributed by atoms with Gasteiger partial charge in [-0.15, -0.1) is 0 Å². The Kier molecular flexibility index (Phi) is 4.35. The predicted molar refractivity (Wildman–Crippen MR) is 64.5 cm³/mol. The van der Waals surface area contributed by atoms with Gasteiger partial charge in [-0.2, -0.15) is 0 Å². The second-order valence-electron chi connectivity index (χ2n) is 4.28. The molecule has 1 atom stereocenters. The van der Waals surface area contributed by atoms with Gasteiger partial charge >= 0.3 is 0 Å². The lowest BCUT2D eigenvalue weighted by Crippen LogP contribution is -2.37. The minimum atomic E-state index is -0.0828. The monoisotopic (exact) mass is 221 g/mol. The van der Waals surface area contributed by atoms with Crippen LogP contribution in [0.25, 0.3) is 0 Å². The van der Waals surface area contributed by atoms with E-state index in [1.54, 1.807) is 12.1 Å². The highest BCUT2D eigenvalue weighted by Gasteiger charge is 2.14. The van der Waals surface area contributed by atoms with Gasteiger partial charge in [0.15, 0.2) is 0 Å². The first-order valence-corrected chi connectivity index (χ1v) is 5.64. The number of rotatable bonds is 4. The number of benzene rings is 1. The summed E-state index contributed by atoms with van der Waals surface area (Å²) in [6.07, 6.45) is 0.918. The van der Waals surface area contributed by atoms with Crippen molar-refractivity contribution < 1.29 is 9.90 Å². The summed E-state index contributed by atoms with van der Waals surface area (Å²) >= 11 is 0. The smallest absolute Gasteiger partial charge is 0.251 e. The van der Waals surface area contributed by atoms with Crippen LogP contribution in [0.5, 0.6) is 5.75 Å². The van der Waals surface area contributed by atoms with Crippen LogP contribution in [-0.4, -0.2) is 17.1 Å². The molecule has 0 saturated heterocycles. The highest BCUT2D eigenvalue weighted by atomic mass is 16.3. The Labute approximate surface area is 96.5 Å². The lowest BCUT2D eigenvalue weighted by Gasteiger charge is -2.20. The SMILES string of the molecule is CCC(NC(=O)c1ccc(O)cc1)C(C)C. The van der Waals surface area contributed by atoms with E-state index < -0.39 is 0 Å². The standard InChI is InChI=1S/C13H19NO2/c1-4-12(9(2)3)14-13(16)10-5-7-11(15)8-6-10/h5-9,12,15H,4H2,1-3H3,(H,14,16). The zero-order valence-electron chi connectivity index (χ0n) is 10.0. The Morgan fingerprint density at radius 1 is 1.31 bits per heavy atom. The van der Waals surface area contributed by atoms with Crippen LogP contribution in [0, 0.1) is 5.92 Å². The van der Waals surface area contributed by atoms with Crippen molar-refractivity contribution in [3.63, 3.8) is 0 Å². The fraction of sp³-hybridized carbons (Fsp3) is 0.462. The third-order valence-electron chi connectivity index (χ3n) is 2.69. The highest BCUT2D eigenvalue weighted by Crippen LogP contribution is 2.11. The molecule has 0 bridgehead atoms. The number of hydrogen-bond donors (Lipinski definition) is 2. The molecule has 1 unspecified atom stereocenters. The Hall–Kier alpha value is -1.51. The number of carbonyl (C=O) groups is 1. The topological polar surface area (TPSA) is 49.3 Å². The molecule has 16 heavy (non-hydrogen) atoms. The van der Waals surface area contributed by atoms with Crippen LogP contribution in [0.2, 0.25) is 0 Å². The van der Waals surface area contributed by atoms with E-state index in [-0.39, 0.29) is 17.7 Å². The van der Waals surface area contributed by atoms with Gasteiger partial charge in [-0.3, -0.25) is 4.79 Å². The quantitative estimate of drug-likeness (QED) is 0.821. The third kappa shape index (κ3) is 3.26. The van der Waals surface area contributed by atoms with E-state index in [0.717, 1.165) is 6.42 Å². The van der Waals surface area contributed by atoms with Gasteiger partial charge in [0.2, 0.25) is 0 Å². The largest absolute Gasteiger partial charge is 0.508 e. The van der Waals surface area contributed by atoms with Crippen LogP contribution in [0.15, 0.2) is 24.3 Å². The molecule has 88 valence electrons. The average molecular weight is 221 g/mol. The van der Waals surface area contributed by atoms with E-state index in [1.807, 2.05) is 0 Å². The lowest BCUT2D eigenvalue weighted by molar-refractivity contribution is 0.0924. The summed E-state index contributed by atoms with van der Waals surface area (Å²) in [5, 5.41) is 12.1. The molecule has 1 aromatic carbocycles. The molecule has 1 rings (SSSR count). The average Bonchev–Trinajstić information content (AvgIpc) is 2.26. The van der Waals surface area contributed by atoms with Gasteiger partial charge in [-0.05, 0) is 36.6 Å². The summed E-state index contributed by atoms with van der Waals surface area (Å²) in [5.41, 5.74) is 0.580. The zero-order chi connectivity index (χ0) is 12.1. The van der Waals surface area contributed by atoms with Crippen molar-refractivity contribution in [2.75, 3.05) is 0 Å². The number of nitrogens with one attached hydrogen (secondary N) is 1. The van der Waals surface area contributed by atoms with Crippen molar-refractivity contribution >= 4 is 5.91 Å². The molecule has 1 amide bonds. The Balaban J connectivity index is 2.68. The van der Waals surface area contributed by atoms with Gasteiger partial charge in [0.1, 0.15) is 5.75 Å². The van der Waals surface area contributed by atoms with Crippen LogP contribution in [-0.2, 0) is 0 Å². The summed E-state index contributed by atoms with van der Waals surface area (Å²) < 4.78 is 0. The predicted octanol–water partition coefficient (Wildman–Crippen LogP) is 2.56. The Morgan fingerprint density at radius 2 is 1.88 bits per heavy atom. The molecule has 0 heterocycles. The van der Waals surface area contributed by atoms with Crippen LogP contribution in [0.3, 0.4) is 0 Å². The summed E-state index contributed by atoms with van der Waals surface area (Å²) in [6.45, 7) is 6.23. The number of phenolic OH excluding ortho intramolecular Hbond substituents is 1. The van der Waals surface area contributed by atoms with Crippen LogP contribution in [0.4, 0.5) is 0 Å². The van der Waals surface area contributed by atoms with Crippen molar-refractivity contribution in [1.82, 2.24) is 5.32 Å². The lowest BCUT2D eigenvalue weighted by atomic mass is 10.0. The van der Waals surface area contributed by atoms with Crippen molar-refractivity contribution in [3.05, 3.63) is 29.8 Å². The van der Waals surface area contributed by atoms with Crippen molar-refractivity contribution in [3.8, 4) is 5.75 Å². The number of hydrogen-bond acceptors (Lipinski definition) is 2. The fourth-order valence-corrected chi connectivity index (χ4v) is 1.60. The molecule has 0 fully saturated rings. The van der Waals surface area contributed by atoms with E-state index in [1.165, 1.54) is 12.1 Å². The second kappa shape index (κ2) is 5.54. The van der Waals surface area contributed by atoms with Gasteiger partial charge in [-0.1, -0.05) is 20.8 Å². The van der Waals surface area contributed by atoms with Gasteiger partial charge < -0.3 is 10.4 Å². The Morgan fingerprint density at radius 3 is 2.31 bits per heavy atom. The van der Waals surface area contributed by atoms with Gasteiger partial charge in [0.25, 0.3) is 5.91 Å². The Bertz CT molecular complexity index is 343. The molecule has 3 heteroatoms.